The molecule has 21 heavy (non-hydrogen) atoms. The largest absolute Gasteiger partial charge is 0.493 e. The molecule has 0 amide bonds. The molecule has 3 rings (SSSR count). The third kappa shape index (κ3) is 2.55. The molecule has 1 aromatic carbocycles. The zero-order chi connectivity index (χ0) is 14.7. The Morgan fingerprint density at radius 3 is 2.57 bits per heavy atom. The summed E-state index contributed by atoms with van der Waals surface area (Å²) in [7, 11) is 3.20. The first-order valence-electron chi connectivity index (χ1n) is 6.35. The maximum absolute atomic E-state index is 5.33. The molecular formula is C15H14N4O2. The van der Waals surface area contributed by atoms with Crippen LogP contribution in [-0.4, -0.2) is 29.2 Å². The van der Waals surface area contributed by atoms with Crippen LogP contribution in [0.5, 0.6) is 11.5 Å². The maximum Gasteiger partial charge on any atom is 0.162 e. The van der Waals surface area contributed by atoms with Crippen molar-refractivity contribution in [2.45, 2.75) is 0 Å². The van der Waals surface area contributed by atoms with Gasteiger partial charge in [-0.3, -0.25) is 4.98 Å². The highest BCUT2D eigenvalue weighted by atomic mass is 16.5. The highest BCUT2D eigenvalue weighted by molar-refractivity contribution is 5.92. The van der Waals surface area contributed by atoms with E-state index in [4.69, 9.17) is 9.47 Å². The summed E-state index contributed by atoms with van der Waals surface area (Å²) < 4.78 is 10.6. The standard InChI is InChI=1S/C15H14N4O2/c1-20-13-6-11-12(7-14(13)21-2)17-9-18-15(11)19-10-4-3-5-16-8-10/h3-9H,1-2H3,(H,17,18,19). The Labute approximate surface area is 121 Å². The lowest BCUT2D eigenvalue weighted by Gasteiger charge is -2.11. The molecule has 0 saturated heterocycles. The minimum absolute atomic E-state index is 0.633. The van der Waals surface area contributed by atoms with Gasteiger partial charge in [0.15, 0.2) is 11.5 Å². The number of pyridine rings is 1. The zero-order valence-electron chi connectivity index (χ0n) is 11.7. The smallest absolute Gasteiger partial charge is 0.162 e. The van der Waals surface area contributed by atoms with Crippen LogP contribution in [0.25, 0.3) is 10.9 Å². The second-order valence-corrected chi connectivity index (χ2v) is 4.31. The predicted octanol–water partition coefficient (Wildman–Crippen LogP) is 2.79. The van der Waals surface area contributed by atoms with E-state index in [9.17, 15) is 0 Å². The molecule has 3 aromatic rings. The van der Waals surface area contributed by atoms with Crippen molar-refractivity contribution >= 4 is 22.4 Å². The summed E-state index contributed by atoms with van der Waals surface area (Å²) in [6.07, 6.45) is 4.96. The number of rotatable bonds is 4. The molecule has 0 spiro atoms. The normalized spacial score (nSPS) is 10.4. The molecule has 6 heteroatoms. The lowest BCUT2D eigenvalue weighted by molar-refractivity contribution is 0.356. The van der Waals surface area contributed by atoms with Gasteiger partial charge in [0, 0.05) is 17.6 Å². The van der Waals surface area contributed by atoms with Crippen LogP contribution in [0.1, 0.15) is 0 Å². The molecule has 0 bridgehead atoms. The van der Waals surface area contributed by atoms with Crippen LogP contribution in [-0.2, 0) is 0 Å². The first kappa shape index (κ1) is 13.1. The van der Waals surface area contributed by atoms with Crippen LogP contribution < -0.4 is 14.8 Å². The number of nitrogens with zero attached hydrogens (tertiary/aromatic N) is 3. The van der Waals surface area contributed by atoms with Crippen LogP contribution in [0, 0.1) is 0 Å². The third-order valence-electron chi connectivity index (χ3n) is 3.06. The van der Waals surface area contributed by atoms with Gasteiger partial charge in [-0.15, -0.1) is 0 Å². The van der Waals surface area contributed by atoms with Gasteiger partial charge < -0.3 is 14.8 Å². The summed E-state index contributed by atoms with van der Waals surface area (Å²) >= 11 is 0. The second-order valence-electron chi connectivity index (χ2n) is 4.31. The predicted molar refractivity (Wildman–Crippen MR) is 80.2 cm³/mol. The van der Waals surface area contributed by atoms with Crippen molar-refractivity contribution in [2.24, 2.45) is 0 Å². The molecule has 0 aliphatic rings. The molecule has 0 unspecified atom stereocenters. The van der Waals surface area contributed by atoms with E-state index in [0.717, 1.165) is 16.6 Å². The summed E-state index contributed by atoms with van der Waals surface area (Å²) in [5, 5.41) is 4.07. The van der Waals surface area contributed by atoms with E-state index in [1.165, 1.54) is 6.33 Å². The number of aromatic nitrogens is 3. The van der Waals surface area contributed by atoms with Crippen molar-refractivity contribution in [3.63, 3.8) is 0 Å². The summed E-state index contributed by atoms with van der Waals surface area (Å²) in [5.74, 6) is 1.96. The Hall–Kier alpha value is -2.89. The fourth-order valence-corrected chi connectivity index (χ4v) is 2.06. The van der Waals surface area contributed by atoms with Gasteiger partial charge in [-0.2, -0.15) is 0 Å². The molecule has 0 aliphatic heterocycles. The number of methoxy groups -OCH3 is 2. The Morgan fingerprint density at radius 1 is 1.05 bits per heavy atom. The van der Waals surface area contributed by atoms with Gasteiger partial charge >= 0.3 is 0 Å². The quantitative estimate of drug-likeness (QED) is 0.793. The van der Waals surface area contributed by atoms with E-state index < -0.39 is 0 Å². The molecule has 2 aromatic heterocycles. The fraction of sp³-hybridized carbons (Fsp3) is 0.133. The van der Waals surface area contributed by atoms with Gasteiger partial charge in [-0.05, 0) is 18.2 Å². The van der Waals surface area contributed by atoms with Gasteiger partial charge in [0.1, 0.15) is 12.1 Å². The number of hydrogen-bond donors (Lipinski definition) is 1. The van der Waals surface area contributed by atoms with E-state index in [-0.39, 0.29) is 0 Å². The van der Waals surface area contributed by atoms with Gasteiger partial charge in [0.2, 0.25) is 0 Å². The van der Waals surface area contributed by atoms with E-state index in [0.29, 0.717) is 17.3 Å². The zero-order valence-corrected chi connectivity index (χ0v) is 11.7. The Kier molecular flexibility index (Phi) is 3.51. The lowest BCUT2D eigenvalue weighted by Crippen LogP contribution is -1.98. The topological polar surface area (TPSA) is 69.2 Å². The van der Waals surface area contributed by atoms with Crippen molar-refractivity contribution in [2.75, 3.05) is 19.5 Å². The molecule has 0 radical (unpaired) electrons. The Bertz CT molecular complexity index is 762. The fourth-order valence-electron chi connectivity index (χ4n) is 2.06. The molecule has 6 nitrogen and oxygen atoms in total. The van der Waals surface area contributed by atoms with Gasteiger partial charge in [-0.1, -0.05) is 0 Å². The minimum Gasteiger partial charge on any atom is -0.493 e. The number of anilines is 2. The van der Waals surface area contributed by atoms with E-state index >= 15 is 0 Å². The number of benzene rings is 1. The molecule has 0 fully saturated rings. The van der Waals surface area contributed by atoms with Crippen LogP contribution >= 0.6 is 0 Å². The lowest BCUT2D eigenvalue weighted by atomic mass is 10.2. The first-order chi connectivity index (χ1) is 10.3. The molecule has 1 N–H and O–H groups in total. The number of nitrogens with one attached hydrogen (secondary N) is 1. The van der Waals surface area contributed by atoms with Gasteiger partial charge in [-0.25, -0.2) is 9.97 Å². The van der Waals surface area contributed by atoms with Gasteiger partial charge in [0.25, 0.3) is 0 Å². The van der Waals surface area contributed by atoms with Gasteiger partial charge in [0.05, 0.1) is 31.6 Å². The summed E-state index contributed by atoms with van der Waals surface area (Å²) in [6, 6.07) is 7.45. The maximum atomic E-state index is 5.33. The Balaban J connectivity index is 2.10. The highest BCUT2D eigenvalue weighted by Crippen LogP contribution is 2.34. The van der Waals surface area contributed by atoms with Crippen molar-refractivity contribution < 1.29 is 9.47 Å². The van der Waals surface area contributed by atoms with Crippen molar-refractivity contribution in [3.05, 3.63) is 43.0 Å². The highest BCUT2D eigenvalue weighted by Gasteiger charge is 2.10. The molecule has 0 aliphatic carbocycles. The van der Waals surface area contributed by atoms with E-state index in [1.807, 2.05) is 24.3 Å². The minimum atomic E-state index is 0.633. The first-order valence-corrected chi connectivity index (χ1v) is 6.35. The average molecular weight is 282 g/mol. The summed E-state index contributed by atoms with van der Waals surface area (Å²) in [6.45, 7) is 0. The van der Waals surface area contributed by atoms with E-state index in [1.54, 1.807) is 26.6 Å². The van der Waals surface area contributed by atoms with Crippen molar-refractivity contribution in [1.82, 2.24) is 15.0 Å². The monoisotopic (exact) mass is 282 g/mol. The van der Waals surface area contributed by atoms with Crippen LogP contribution in [0.3, 0.4) is 0 Å². The third-order valence-corrected chi connectivity index (χ3v) is 3.06. The van der Waals surface area contributed by atoms with Crippen LogP contribution in [0.2, 0.25) is 0 Å². The summed E-state index contributed by atoms with van der Waals surface area (Å²) in [5.41, 5.74) is 1.63. The number of fused-ring (bicyclic) bond motifs is 1. The summed E-state index contributed by atoms with van der Waals surface area (Å²) in [4.78, 5) is 12.6. The molecule has 0 atom stereocenters. The SMILES string of the molecule is COc1cc2ncnc(Nc3cccnc3)c2cc1OC. The van der Waals surface area contributed by atoms with Crippen molar-refractivity contribution in [1.29, 1.82) is 0 Å². The number of hydrogen-bond acceptors (Lipinski definition) is 6. The van der Waals surface area contributed by atoms with Crippen LogP contribution in [0.15, 0.2) is 43.0 Å². The molecule has 0 saturated carbocycles. The van der Waals surface area contributed by atoms with E-state index in [2.05, 4.69) is 20.3 Å². The number of ether oxygens (including phenoxy) is 2. The molecular weight excluding hydrogens is 268 g/mol. The van der Waals surface area contributed by atoms with Crippen LogP contribution in [0.4, 0.5) is 11.5 Å². The van der Waals surface area contributed by atoms with Crippen molar-refractivity contribution in [3.8, 4) is 11.5 Å². The molecule has 106 valence electrons. The second kappa shape index (κ2) is 5.62. The Morgan fingerprint density at radius 2 is 1.86 bits per heavy atom. The molecule has 2 heterocycles. The average Bonchev–Trinajstić information content (AvgIpc) is 2.55.